The maximum Gasteiger partial charge on any atom is 0.106 e. The molecule has 0 spiro atoms. The van der Waals surface area contributed by atoms with Crippen LogP contribution in [0.1, 0.15) is 13.8 Å². The van der Waals surface area contributed by atoms with E-state index in [2.05, 4.69) is 24.3 Å². The van der Waals surface area contributed by atoms with E-state index >= 15 is 0 Å². The van der Waals surface area contributed by atoms with Gasteiger partial charge >= 0.3 is 0 Å². The van der Waals surface area contributed by atoms with Gasteiger partial charge in [0.15, 0.2) is 0 Å². The molecule has 0 bridgehead atoms. The minimum atomic E-state index is -1.62. The fourth-order valence-corrected chi connectivity index (χ4v) is 2.89. The monoisotopic (exact) mass is 218 g/mol. The van der Waals surface area contributed by atoms with E-state index in [9.17, 15) is 4.57 Å². The van der Waals surface area contributed by atoms with Crippen molar-refractivity contribution in [3.8, 4) is 0 Å². The molecule has 0 saturated carbocycles. The van der Waals surface area contributed by atoms with Crippen molar-refractivity contribution in [2.75, 3.05) is 0 Å². The number of rotatable bonds is 2. The molecule has 0 fully saturated rings. The zero-order valence-corrected chi connectivity index (χ0v) is 10.0. The van der Waals surface area contributed by atoms with Crippen LogP contribution in [0.4, 0.5) is 0 Å². The standard InChI is InChI=1S/C13H15OP/c1-10(2)15(14)13-8-7-11-5-3-4-6-12(11)9-13/h3-10,15H,1-2H3. The molecule has 0 aromatic heterocycles. The smallest absolute Gasteiger partial charge is 0.106 e. The van der Waals surface area contributed by atoms with Crippen molar-refractivity contribution in [3.05, 3.63) is 42.5 Å². The van der Waals surface area contributed by atoms with Crippen LogP contribution in [0.15, 0.2) is 42.5 Å². The first-order chi connectivity index (χ1) is 7.18. The van der Waals surface area contributed by atoms with Crippen LogP contribution in [0, 0.1) is 0 Å². The molecule has 2 aromatic carbocycles. The van der Waals surface area contributed by atoms with Crippen molar-refractivity contribution >= 4 is 23.9 Å². The van der Waals surface area contributed by atoms with Crippen LogP contribution in [0.2, 0.25) is 0 Å². The van der Waals surface area contributed by atoms with Gasteiger partial charge in [-0.3, -0.25) is 0 Å². The first kappa shape index (κ1) is 10.4. The van der Waals surface area contributed by atoms with Crippen molar-refractivity contribution in [1.82, 2.24) is 0 Å². The van der Waals surface area contributed by atoms with Crippen molar-refractivity contribution in [2.24, 2.45) is 0 Å². The molecule has 78 valence electrons. The molecule has 2 heteroatoms. The Morgan fingerprint density at radius 1 is 1.00 bits per heavy atom. The second-order valence-electron chi connectivity index (χ2n) is 4.08. The molecule has 0 N–H and O–H groups in total. The minimum absolute atomic E-state index is 0.246. The van der Waals surface area contributed by atoms with Gasteiger partial charge in [0.05, 0.1) is 0 Å². The summed E-state index contributed by atoms with van der Waals surface area (Å²) in [7, 11) is -1.62. The Balaban J connectivity index is 2.52. The minimum Gasteiger partial charge on any atom is -0.322 e. The molecule has 0 radical (unpaired) electrons. The lowest BCUT2D eigenvalue weighted by Crippen LogP contribution is -2.01. The Morgan fingerprint density at radius 3 is 2.33 bits per heavy atom. The molecule has 0 aliphatic heterocycles. The van der Waals surface area contributed by atoms with Crippen molar-refractivity contribution < 1.29 is 4.57 Å². The van der Waals surface area contributed by atoms with Gasteiger partial charge in [0.1, 0.15) is 7.80 Å². The van der Waals surface area contributed by atoms with Crippen LogP contribution < -0.4 is 5.30 Å². The first-order valence-electron chi connectivity index (χ1n) is 5.21. The Labute approximate surface area is 90.9 Å². The summed E-state index contributed by atoms with van der Waals surface area (Å²) >= 11 is 0. The zero-order valence-electron chi connectivity index (χ0n) is 9.03. The van der Waals surface area contributed by atoms with E-state index in [4.69, 9.17) is 0 Å². The largest absolute Gasteiger partial charge is 0.322 e. The second kappa shape index (κ2) is 4.20. The highest BCUT2D eigenvalue weighted by Crippen LogP contribution is 2.27. The third kappa shape index (κ3) is 2.13. The van der Waals surface area contributed by atoms with Crippen molar-refractivity contribution in [2.45, 2.75) is 19.5 Å². The Bertz CT molecular complexity index is 503. The predicted molar refractivity (Wildman–Crippen MR) is 67.7 cm³/mol. The highest BCUT2D eigenvalue weighted by atomic mass is 31.1. The lowest BCUT2D eigenvalue weighted by Gasteiger charge is -2.06. The molecular formula is C13H15OP. The fraction of sp³-hybridized carbons (Fsp3) is 0.231. The Hall–Kier alpha value is -1.07. The van der Waals surface area contributed by atoms with Crippen LogP contribution in [0.25, 0.3) is 10.8 Å². The number of benzene rings is 2. The lowest BCUT2D eigenvalue weighted by molar-refractivity contribution is 0.588. The van der Waals surface area contributed by atoms with E-state index in [0.717, 1.165) is 5.30 Å². The highest BCUT2D eigenvalue weighted by Gasteiger charge is 2.08. The summed E-state index contributed by atoms with van der Waals surface area (Å²) in [4.78, 5) is 0. The van der Waals surface area contributed by atoms with Gasteiger partial charge in [-0.25, -0.2) is 0 Å². The van der Waals surface area contributed by atoms with Gasteiger partial charge in [0.2, 0.25) is 0 Å². The molecule has 1 atom stereocenters. The van der Waals surface area contributed by atoms with Gasteiger partial charge in [0, 0.05) is 11.0 Å². The molecule has 0 amide bonds. The number of hydrogen-bond acceptors (Lipinski definition) is 1. The summed E-state index contributed by atoms with van der Waals surface area (Å²) in [6, 6.07) is 14.3. The van der Waals surface area contributed by atoms with Crippen LogP contribution in [-0.2, 0) is 4.57 Å². The van der Waals surface area contributed by atoms with E-state index in [-0.39, 0.29) is 5.66 Å². The summed E-state index contributed by atoms with van der Waals surface area (Å²) in [5, 5.41) is 3.38. The number of hydrogen-bond donors (Lipinski definition) is 0. The van der Waals surface area contributed by atoms with E-state index in [1.165, 1.54) is 10.8 Å². The fourth-order valence-electron chi connectivity index (χ4n) is 1.68. The van der Waals surface area contributed by atoms with E-state index in [1.54, 1.807) is 0 Å². The van der Waals surface area contributed by atoms with Crippen molar-refractivity contribution in [3.63, 3.8) is 0 Å². The lowest BCUT2D eigenvalue weighted by atomic mass is 10.1. The summed E-state index contributed by atoms with van der Waals surface area (Å²) in [6.07, 6.45) is 0. The molecule has 15 heavy (non-hydrogen) atoms. The predicted octanol–water partition coefficient (Wildman–Crippen LogP) is 3.43. The van der Waals surface area contributed by atoms with Gasteiger partial charge in [-0.2, -0.15) is 0 Å². The summed E-state index contributed by atoms with van der Waals surface area (Å²) < 4.78 is 12.0. The summed E-state index contributed by atoms with van der Waals surface area (Å²) in [5.41, 5.74) is 0.246. The molecule has 2 rings (SSSR count). The second-order valence-corrected chi connectivity index (χ2v) is 6.54. The van der Waals surface area contributed by atoms with Gasteiger partial charge in [0.25, 0.3) is 0 Å². The van der Waals surface area contributed by atoms with Gasteiger partial charge < -0.3 is 4.57 Å². The average Bonchev–Trinajstić information content (AvgIpc) is 2.27. The third-order valence-electron chi connectivity index (χ3n) is 2.56. The van der Waals surface area contributed by atoms with Crippen molar-refractivity contribution in [1.29, 1.82) is 0 Å². The van der Waals surface area contributed by atoms with E-state index in [1.807, 2.05) is 32.0 Å². The maximum atomic E-state index is 12.0. The highest BCUT2D eigenvalue weighted by molar-refractivity contribution is 7.54. The molecule has 0 aliphatic rings. The first-order valence-corrected chi connectivity index (χ1v) is 6.70. The van der Waals surface area contributed by atoms with Crippen LogP contribution >= 0.6 is 7.80 Å². The third-order valence-corrected chi connectivity index (χ3v) is 4.49. The maximum absolute atomic E-state index is 12.0. The average molecular weight is 218 g/mol. The van der Waals surface area contributed by atoms with Gasteiger partial charge in [-0.1, -0.05) is 50.2 Å². The molecule has 1 unspecified atom stereocenters. The van der Waals surface area contributed by atoms with E-state index < -0.39 is 7.80 Å². The van der Waals surface area contributed by atoms with Gasteiger partial charge in [-0.15, -0.1) is 0 Å². The van der Waals surface area contributed by atoms with Crippen LogP contribution in [-0.4, -0.2) is 5.66 Å². The number of fused-ring (bicyclic) bond motifs is 1. The molecule has 0 saturated heterocycles. The van der Waals surface area contributed by atoms with Gasteiger partial charge in [-0.05, 0) is 16.8 Å². The molecular weight excluding hydrogens is 203 g/mol. The van der Waals surface area contributed by atoms with E-state index in [0.29, 0.717) is 0 Å². The zero-order chi connectivity index (χ0) is 10.8. The Kier molecular flexibility index (Phi) is 2.93. The molecule has 1 nitrogen and oxygen atoms in total. The summed E-state index contributed by atoms with van der Waals surface area (Å²) in [6.45, 7) is 4.02. The van der Waals surface area contributed by atoms with Crippen LogP contribution in [0.5, 0.6) is 0 Å². The molecule has 0 aliphatic carbocycles. The van der Waals surface area contributed by atoms with Crippen LogP contribution in [0.3, 0.4) is 0 Å². The molecule has 0 heterocycles. The normalized spacial score (nSPS) is 13.3. The Morgan fingerprint density at radius 2 is 1.67 bits per heavy atom. The topological polar surface area (TPSA) is 17.1 Å². The summed E-state index contributed by atoms with van der Waals surface area (Å²) in [5.74, 6) is 0. The molecule has 2 aromatic rings. The quantitative estimate of drug-likeness (QED) is 0.706. The SMILES string of the molecule is CC(C)[PH](=O)c1ccc2ccccc2c1.